The number of aromatic nitrogens is 2. The molecule has 0 bridgehead atoms. The van der Waals surface area contributed by atoms with Gasteiger partial charge in [-0.05, 0) is 19.1 Å². The third kappa shape index (κ3) is 3.74. The van der Waals surface area contributed by atoms with E-state index in [9.17, 15) is 4.79 Å². The first kappa shape index (κ1) is 12.9. The number of para-hydroxylation sites is 2. The van der Waals surface area contributed by atoms with Crippen LogP contribution >= 0.6 is 0 Å². The molecule has 0 radical (unpaired) electrons. The fourth-order valence-corrected chi connectivity index (χ4v) is 1.62. The molecular weight excluding hydrogens is 244 g/mol. The second-order valence-corrected chi connectivity index (χ2v) is 4.03. The number of benzene rings is 1. The zero-order valence-electron chi connectivity index (χ0n) is 10.6. The molecule has 0 atom stereocenters. The Labute approximate surface area is 110 Å². The second kappa shape index (κ2) is 5.90. The Morgan fingerprint density at radius 3 is 2.95 bits per heavy atom. The maximum Gasteiger partial charge on any atom is 0.252 e. The van der Waals surface area contributed by atoms with Gasteiger partial charge in [-0.3, -0.25) is 4.79 Å². The van der Waals surface area contributed by atoms with Gasteiger partial charge in [0.1, 0.15) is 24.0 Å². The fraction of sp³-hybridized carbons (Fsp3) is 0.231. The van der Waals surface area contributed by atoms with Crippen molar-refractivity contribution in [3.63, 3.8) is 0 Å². The van der Waals surface area contributed by atoms with Crippen molar-refractivity contribution in [2.45, 2.75) is 6.92 Å². The van der Waals surface area contributed by atoms with E-state index in [1.165, 1.54) is 6.07 Å². The van der Waals surface area contributed by atoms with Crippen LogP contribution in [0.4, 0.5) is 11.5 Å². The molecule has 0 fully saturated rings. The van der Waals surface area contributed by atoms with E-state index in [-0.39, 0.29) is 5.56 Å². The first-order chi connectivity index (χ1) is 9.15. The molecule has 0 amide bonds. The summed E-state index contributed by atoms with van der Waals surface area (Å²) in [4.78, 5) is 18.0. The lowest BCUT2D eigenvalue weighted by molar-refractivity contribution is 0.334. The fourth-order valence-electron chi connectivity index (χ4n) is 1.62. The van der Waals surface area contributed by atoms with Gasteiger partial charge >= 0.3 is 0 Å². The minimum absolute atomic E-state index is 0.178. The van der Waals surface area contributed by atoms with Crippen LogP contribution in [-0.4, -0.2) is 23.1 Å². The van der Waals surface area contributed by atoms with E-state index in [0.717, 1.165) is 0 Å². The maximum absolute atomic E-state index is 11.2. The normalized spacial score (nSPS) is 10.2. The highest BCUT2D eigenvalue weighted by atomic mass is 16.5. The number of nitrogens with two attached hydrogens (primary N) is 1. The Kier molecular flexibility index (Phi) is 4.02. The van der Waals surface area contributed by atoms with Gasteiger partial charge < -0.3 is 20.8 Å². The summed E-state index contributed by atoms with van der Waals surface area (Å²) in [6.45, 7) is 2.69. The van der Waals surface area contributed by atoms with E-state index in [4.69, 9.17) is 10.5 Å². The number of ether oxygens (including phenoxy) is 1. The van der Waals surface area contributed by atoms with Crippen LogP contribution in [0.25, 0.3) is 0 Å². The summed E-state index contributed by atoms with van der Waals surface area (Å²) in [7, 11) is 0. The maximum atomic E-state index is 11.2. The number of nitrogens with one attached hydrogen (secondary N) is 2. The minimum Gasteiger partial charge on any atom is -0.490 e. The lowest BCUT2D eigenvalue weighted by Crippen LogP contribution is -2.16. The van der Waals surface area contributed by atoms with E-state index in [0.29, 0.717) is 36.2 Å². The second-order valence-electron chi connectivity index (χ2n) is 4.03. The van der Waals surface area contributed by atoms with Gasteiger partial charge in [0.05, 0.1) is 12.2 Å². The van der Waals surface area contributed by atoms with Crippen molar-refractivity contribution in [1.82, 2.24) is 9.97 Å². The largest absolute Gasteiger partial charge is 0.490 e. The third-order valence-electron chi connectivity index (χ3n) is 2.44. The lowest BCUT2D eigenvalue weighted by atomic mass is 10.3. The number of hydrogen-bond donors (Lipinski definition) is 3. The Hall–Kier alpha value is -2.50. The van der Waals surface area contributed by atoms with Crippen LogP contribution in [0.1, 0.15) is 5.82 Å². The average Bonchev–Trinajstić information content (AvgIpc) is 2.35. The molecule has 2 aromatic rings. The first-order valence-corrected chi connectivity index (χ1v) is 5.94. The van der Waals surface area contributed by atoms with Crippen molar-refractivity contribution in [1.29, 1.82) is 0 Å². The number of aromatic amines is 1. The molecule has 0 aliphatic carbocycles. The number of aryl methyl sites for hydroxylation is 1. The Bertz CT molecular complexity index is 610. The molecule has 0 saturated heterocycles. The molecule has 0 saturated carbocycles. The smallest absolute Gasteiger partial charge is 0.252 e. The molecule has 0 aliphatic heterocycles. The third-order valence-corrected chi connectivity index (χ3v) is 2.44. The van der Waals surface area contributed by atoms with Crippen LogP contribution in [0.3, 0.4) is 0 Å². The Morgan fingerprint density at radius 1 is 1.42 bits per heavy atom. The van der Waals surface area contributed by atoms with Gasteiger partial charge in [0.25, 0.3) is 5.56 Å². The summed E-state index contributed by atoms with van der Waals surface area (Å²) >= 11 is 0. The zero-order valence-corrected chi connectivity index (χ0v) is 10.6. The van der Waals surface area contributed by atoms with E-state index < -0.39 is 0 Å². The molecule has 1 aromatic heterocycles. The van der Waals surface area contributed by atoms with E-state index in [1.54, 1.807) is 13.0 Å². The van der Waals surface area contributed by atoms with Crippen LogP contribution in [0.2, 0.25) is 0 Å². The molecule has 0 aliphatic rings. The average molecular weight is 260 g/mol. The van der Waals surface area contributed by atoms with Crippen molar-refractivity contribution in [3.8, 4) is 5.75 Å². The van der Waals surface area contributed by atoms with Crippen molar-refractivity contribution in [2.75, 3.05) is 24.2 Å². The van der Waals surface area contributed by atoms with Gasteiger partial charge in [-0.25, -0.2) is 4.98 Å². The number of hydrogen-bond acceptors (Lipinski definition) is 5. The quantitative estimate of drug-likeness (QED) is 0.554. The summed E-state index contributed by atoms with van der Waals surface area (Å²) < 4.78 is 5.52. The van der Waals surface area contributed by atoms with Crippen LogP contribution in [0, 0.1) is 6.92 Å². The Balaban J connectivity index is 1.84. The first-order valence-electron chi connectivity index (χ1n) is 5.94. The highest BCUT2D eigenvalue weighted by Gasteiger charge is 1.99. The monoisotopic (exact) mass is 260 g/mol. The van der Waals surface area contributed by atoms with Crippen LogP contribution in [-0.2, 0) is 0 Å². The highest BCUT2D eigenvalue weighted by Crippen LogP contribution is 2.19. The number of nitrogens with zero attached hydrogens (tertiary/aromatic N) is 1. The number of rotatable bonds is 5. The molecule has 1 aromatic carbocycles. The molecule has 6 heteroatoms. The number of H-pyrrole nitrogens is 1. The SMILES string of the molecule is Cc1nc(NCCOc2ccccc2N)cc(=O)[nH]1. The molecule has 4 N–H and O–H groups in total. The molecular formula is C13H16N4O2. The van der Waals surface area contributed by atoms with Gasteiger partial charge in [-0.15, -0.1) is 0 Å². The van der Waals surface area contributed by atoms with Crippen molar-refractivity contribution in [2.24, 2.45) is 0 Å². The number of nitrogen functional groups attached to an aromatic ring is 1. The molecule has 2 rings (SSSR count). The molecule has 1 heterocycles. The molecule has 6 nitrogen and oxygen atoms in total. The van der Waals surface area contributed by atoms with Crippen molar-refractivity contribution in [3.05, 3.63) is 46.5 Å². The molecule has 0 spiro atoms. The van der Waals surface area contributed by atoms with Crippen LogP contribution in [0.5, 0.6) is 5.75 Å². The minimum atomic E-state index is -0.178. The molecule has 100 valence electrons. The van der Waals surface area contributed by atoms with Crippen LogP contribution < -0.4 is 21.3 Å². The summed E-state index contributed by atoms with van der Waals surface area (Å²) in [5.74, 6) is 1.76. The van der Waals surface area contributed by atoms with E-state index in [1.807, 2.05) is 18.2 Å². The van der Waals surface area contributed by atoms with Gasteiger partial charge in [-0.1, -0.05) is 12.1 Å². The summed E-state index contributed by atoms with van der Waals surface area (Å²) in [6, 6.07) is 8.71. The van der Waals surface area contributed by atoms with Gasteiger partial charge in [0.2, 0.25) is 0 Å². The summed E-state index contributed by atoms with van der Waals surface area (Å²) in [6.07, 6.45) is 0. The lowest BCUT2D eigenvalue weighted by Gasteiger charge is -2.09. The highest BCUT2D eigenvalue weighted by molar-refractivity contribution is 5.51. The van der Waals surface area contributed by atoms with E-state index >= 15 is 0 Å². The predicted molar refractivity (Wildman–Crippen MR) is 74.4 cm³/mol. The van der Waals surface area contributed by atoms with E-state index in [2.05, 4.69) is 15.3 Å². The standard InChI is InChI=1S/C13H16N4O2/c1-9-16-12(8-13(18)17-9)15-6-7-19-11-5-3-2-4-10(11)14/h2-5,8H,6-7,14H2,1H3,(H2,15,16,17,18). The topological polar surface area (TPSA) is 93.0 Å². The predicted octanol–water partition coefficient (Wildman–Crippen LogP) is 1.15. The van der Waals surface area contributed by atoms with Gasteiger partial charge in [0.15, 0.2) is 0 Å². The van der Waals surface area contributed by atoms with Crippen LogP contribution in [0.15, 0.2) is 35.1 Å². The van der Waals surface area contributed by atoms with Gasteiger partial charge in [0, 0.05) is 6.07 Å². The molecule has 0 unspecified atom stereocenters. The molecule has 19 heavy (non-hydrogen) atoms. The number of anilines is 2. The van der Waals surface area contributed by atoms with Crippen molar-refractivity contribution >= 4 is 11.5 Å². The van der Waals surface area contributed by atoms with Gasteiger partial charge in [-0.2, -0.15) is 0 Å². The van der Waals surface area contributed by atoms with Crippen molar-refractivity contribution < 1.29 is 4.74 Å². The zero-order chi connectivity index (χ0) is 13.7. The summed E-state index contributed by atoms with van der Waals surface area (Å²) in [5, 5.41) is 3.02. The summed E-state index contributed by atoms with van der Waals surface area (Å²) in [5.41, 5.74) is 6.18. The Morgan fingerprint density at radius 2 is 2.21 bits per heavy atom.